The zero-order chi connectivity index (χ0) is 12.1. The smallest absolute Gasteiger partial charge is 0.223 e. The van der Waals surface area contributed by atoms with Crippen molar-refractivity contribution in [3.63, 3.8) is 0 Å². The Labute approximate surface area is 90.3 Å². The van der Waals surface area contributed by atoms with E-state index in [9.17, 15) is 13.2 Å². The van der Waals surface area contributed by atoms with Crippen molar-refractivity contribution in [3.05, 3.63) is 0 Å². The normalized spacial score (nSPS) is 13.9. The van der Waals surface area contributed by atoms with Crippen LogP contribution in [0.25, 0.3) is 0 Å². The highest BCUT2D eigenvalue weighted by Crippen LogP contribution is 2.04. The fraction of sp³-hybridized carbons (Fsp3) is 0.875. The molecule has 15 heavy (non-hydrogen) atoms. The highest BCUT2D eigenvalue weighted by Gasteiger charge is 2.21. The minimum Gasteiger partial charge on any atom is -0.395 e. The number of rotatable bonds is 6. The van der Waals surface area contributed by atoms with E-state index in [2.05, 4.69) is 5.32 Å². The fourth-order valence-electron chi connectivity index (χ4n) is 1.10. The van der Waals surface area contributed by atoms with Crippen molar-refractivity contribution in [3.8, 4) is 0 Å². The number of nitrogens with one attached hydrogen (secondary N) is 1. The topological polar surface area (TPSA) is 86.7 Å². The van der Waals surface area contributed by atoms with Crippen molar-refractivity contribution in [1.82, 2.24) is 9.62 Å². The summed E-state index contributed by atoms with van der Waals surface area (Å²) in [6, 6.07) is 0. The molecule has 0 rings (SSSR count). The Kier molecular flexibility index (Phi) is 5.77. The molecule has 0 heterocycles. The molecule has 0 aromatic heterocycles. The van der Waals surface area contributed by atoms with E-state index in [1.165, 1.54) is 14.1 Å². The lowest BCUT2D eigenvalue weighted by molar-refractivity contribution is -0.124. The number of aliphatic hydroxyl groups excluding tert-OH is 1. The lowest BCUT2D eigenvalue weighted by Crippen LogP contribution is -2.38. The second kappa shape index (κ2) is 6.04. The van der Waals surface area contributed by atoms with Crippen molar-refractivity contribution >= 4 is 15.9 Å². The minimum atomic E-state index is -3.44. The fourth-order valence-corrected chi connectivity index (χ4v) is 2.09. The van der Waals surface area contributed by atoms with Gasteiger partial charge in [0.2, 0.25) is 15.9 Å². The molecule has 1 atom stereocenters. The number of hydrogen-bond donors (Lipinski definition) is 2. The summed E-state index contributed by atoms with van der Waals surface area (Å²) in [5, 5.41) is 11.0. The quantitative estimate of drug-likeness (QED) is 0.597. The first-order valence-electron chi connectivity index (χ1n) is 4.61. The predicted octanol–water partition coefficient (Wildman–Crippen LogP) is -1.38. The van der Waals surface area contributed by atoms with Crippen LogP contribution in [0.3, 0.4) is 0 Å². The number of aliphatic hydroxyl groups is 1. The molecular weight excluding hydrogens is 220 g/mol. The second-order valence-corrected chi connectivity index (χ2v) is 5.53. The Bertz CT molecular complexity index is 302. The molecule has 0 aliphatic rings. The molecule has 0 bridgehead atoms. The Morgan fingerprint density at radius 3 is 2.47 bits per heavy atom. The van der Waals surface area contributed by atoms with Gasteiger partial charge in [-0.2, -0.15) is 0 Å². The molecule has 7 heteroatoms. The van der Waals surface area contributed by atoms with Crippen molar-refractivity contribution in [2.75, 3.05) is 33.0 Å². The molecule has 0 aliphatic heterocycles. The van der Waals surface area contributed by atoms with E-state index in [0.29, 0.717) is 0 Å². The summed E-state index contributed by atoms with van der Waals surface area (Å²) in [5.74, 6) is -0.932. The summed E-state index contributed by atoms with van der Waals surface area (Å²) in [6.45, 7) is 1.34. The molecule has 90 valence electrons. The third-order valence-corrected chi connectivity index (χ3v) is 3.85. The van der Waals surface area contributed by atoms with Crippen LogP contribution in [0.15, 0.2) is 0 Å². The van der Waals surface area contributed by atoms with Crippen LogP contribution < -0.4 is 5.32 Å². The molecule has 0 aromatic rings. The van der Waals surface area contributed by atoms with Gasteiger partial charge in [0.15, 0.2) is 0 Å². The summed E-state index contributed by atoms with van der Waals surface area (Å²) in [7, 11) is -0.549. The zero-order valence-corrected chi connectivity index (χ0v) is 10.0. The molecule has 0 aromatic carbocycles. The van der Waals surface area contributed by atoms with Crippen LogP contribution in [-0.2, 0) is 14.8 Å². The van der Waals surface area contributed by atoms with E-state index in [1.807, 2.05) is 0 Å². The van der Waals surface area contributed by atoms with Gasteiger partial charge in [-0.1, -0.05) is 6.92 Å². The monoisotopic (exact) mass is 238 g/mol. The summed E-state index contributed by atoms with van der Waals surface area (Å²) in [5.41, 5.74) is 0. The first kappa shape index (κ1) is 14.3. The van der Waals surface area contributed by atoms with Crippen LogP contribution in [0.5, 0.6) is 0 Å². The molecule has 1 unspecified atom stereocenters. The molecule has 0 radical (unpaired) electrons. The molecule has 0 spiro atoms. The summed E-state index contributed by atoms with van der Waals surface area (Å²) in [4.78, 5) is 11.2. The molecule has 2 N–H and O–H groups in total. The van der Waals surface area contributed by atoms with Crippen LogP contribution in [0, 0.1) is 5.92 Å². The minimum absolute atomic E-state index is 0.113. The molecule has 1 amide bonds. The molecular formula is C8H18N2O4S. The van der Waals surface area contributed by atoms with Crippen LogP contribution in [-0.4, -0.2) is 56.7 Å². The van der Waals surface area contributed by atoms with Gasteiger partial charge in [0, 0.05) is 26.6 Å². The summed E-state index contributed by atoms with van der Waals surface area (Å²) < 4.78 is 23.9. The van der Waals surface area contributed by atoms with E-state index >= 15 is 0 Å². The summed E-state index contributed by atoms with van der Waals surface area (Å²) in [6.07, 6.45) is 0. The first-order chi connectivity index (χ1) is 6.85. The average molecular weight is 238 g/mol. The van der Waals surface area contributed by atoms with Gasteiger partial charge in [-0.15, -0.1) is 0 Å². The van der Waals surface area contributed by atoms with E-state index in [-0.39, 0.29) is 18.2 Å². The van der Waals surface area contributed by atoms with Crippen LogP contribution in [0.4, 0.5) is 0 Å². The zero-order valence-electron chi connectivity index (χ0n) is 9.23. The first-order valence-corrected chi connectivity index (χ1v) is 6.22. The average Bonchev–Trinajstić information content (AvgIpc) is 2.16. The van der Waals surface area contributed by atoms with Gasteiger partial charge in [-0.3, -0.25) is 4.79 Å². The largest absolute Gasteiger partial charge is 0.395 e. The highest BCUT2D eigenvalue weighted by atomic mass is 32.2. The van der Waals surface area contributed by atoms with Gasteiger partial charge < -0.3 is 10.4 Å². The Morgan fingerprint density at radius 2 is 2.07 bits per heavy atom. The van der Waals surface area contributed by atoms with Gasteiger partial charge in [0.05, 0.1) is 12.4 Å². The van der Waals surface area contributed by atoms with E-state index in [4.69, 9.17) is 5.11 Å². The van der Waals surface area contributed by atoms with Crippen molar-refractivity contribution in [2.24, 2.45) is 5.92 Å². The molecule has 0 fully saturated rings. The standard InChI is InChI=1S/C8H18N2O4S/c1-7(8(12)9-2)6-10(3)15(13,14)5-4-11/h7,11H,4-6H2,1-3H3,(H,9,12). The third kappa shape index (κ3) is 4.59. The van der Waals surface area contributed by atoms with Crippen molar-refractivity contribution in [2.45, 2.75) is 6.92 Å². The van der Waals surface area contributed by atoms with E-state index in [0.717, 1.165) is 4.31 Å². The number of carbonyl (C=O) groups is 1. The number of amides is 1. The molecule has 0 saturated carbocycles. The van der Waals surface area contributed by atoms with Gasteiger partial charge in [0.25, 0.3) is 0 Å². The van der Waals surface area contributed by atoms with Gasteiger partial charge in [0.1, 0.15) is 0 Å². The van der Waals surface area contributed by atoms with E-state index < -0.39 is 22.5 Å². The molecule has 6 nitrogen and oxygen atoms in total. The number of nitrogens with zero attached hydrogens (tertiary/aromatic N) is 1. The lowest BCUT2D eigenvalue weighted by atomic mass is 10.2. The Hall–Kier alpha value is -0.660. The maximum Gasteiger partial charge on any atom is 0.223 e. The number of sulfonamides is 1. The number of hydrogen-bond acceptors (Lipinski definition) is 4. The third-order valence-electron chi connectivity index (χ3n) is 2.05. The van der Waals surface area contributed by atoms with Crippen LogP contribution in [0.2, 0.25) is 0 Å². The lowest BCUT2D eigenvalue weighted by Gasteiger charge is -2.19. The highest BCUT2D eigenvalue weighted by molar-refractivity contribution is 7.89. The van der Waals surface area contributed by atoms with Gasteiger partial charge in [-0.25, -0.2) is 12.7 Å². The second-order valence-electron chi connectivity index (χ2n) is 3.34. The van der Waals surface area contributed by atoms with Crippen molar-refractivity contribution < 1.29 is 18.3 Å². The van der Waals surface area contributed by atoms with Gasteiger partial charge in [-0.05, 0) is 0 Å². The van der Waals surface area contributed by atoms with Crippen LogP contribution >= 0.6 is 0 Å². The van der Waals surface area contributed by atoms with Crippen molar-refractivity contribution in [1.29, 1.82) is 0 Å². The summed E-state index contributed by atoms with van der Waals surface area (Å²) >= 11 is 0. The van der Waals surface area contributed by atoms with E-state index in [1.54, 1.807) is 6.92 Å². The van der Waals surface area contributed by atoms with Crippen LogP contribution in [0.1, 0.15) is 6.92 Å². The predicted molar refractivity (Wildman–Crippen MR) is 56.7 cm³/mol. The Morgan fingerprint density at radius 1 is 1.53 bits per heavy atom. The maximum absolute atomic E-state index is 11.4. The SMILES string of the molecule is CNC(=O)C(C)CN(C)S(=O)(=O)CCO. The Balaban J connectivity index is 4.36. The van der Waals surface area contributed by atoms with Gasteiger partial charge >= 0.3 is 0 Å². The number of carbonyl (C=O) groups excluding carboxylic acids is 1. The molecule has 0 saturated heterocycles. The molecule has 0 aliphatic carbocycles. The maximum atomic E-state index is 11.4.